The first-order chi connectivity index (χ1) is 8.22. The Bertz CT molecular complexity index is 261. The summed E-state index contributed by atoms with van der Waals surface area (Å²) in [4.78, 5) is 13.5. The second-order valence-corrected chi connectivity index (χ2v) is 5.25. The summed E-state index contributed by atoms with van der Waals surface area (Å²) >= 11 is 0. The third-order valence-electron chi connectivity index (χ3n) is 4.28. The second-order valence-electron chi connectivity index (χ2n) is 5.25. The minimum Gasteiger partial charge on any atom is -0.480 e. The fourth-order valence-electron chi connectivity index (χ4n) is 3.27. The van der Waals surface area contributed by atoms with E-state index < -0.39 is 5.97 Å². The zero-order valence-electron chi connectivity index (χ0n) is 10.6. The molecule has 0 aromatic heterocycles. The van der Waals surface area contributed by atoms with Crippen LogP contribution in [0.15, 0.2) is 0 Å². The highest BCUT2D eigenvalue weighted by Gasteiger charge is 2.35. The van der Waals surface area contributed by atoms with Crippen molar-refractivity contribution in [2.24, 2.45) is 0 Å². The molecular formula is C13H23NO3. The first kappa shape index (κ1) is 12.8. The van der Waals surface area contributed by atoms with Crippen molar-refractivity contribution in [2.45, 2.75) is 63.1 Å². The van der Waals surface area contributed by atoms with E-state index in [9.17, 15) is 9.90 Å². The van der Waals surface area contributed by atoms with E-state index in [1.165, 1.54) is 0 Å². The zero-order chi connectivity index (χ0) is 12.3. The molecule has 1 saturated carbocycles. The van der Waals surface area contributed by atoms with E-state index in [1.807, 2.05) is 0 Å². The van der Waals surface area contributed by atoms with E-state index in [-0.39, 0.29) is 6.04 Å². The van der Waals surface area contributed by atoms with Gasteiger partial charge in [-0.15, -0.1) is 0 Å². The highest BCUT2D eigenvalue weighted by molar-refractivity contribution is 5.73. The van der Waals surface area contributed by atoms with Crippen molar-refractivity contribution >= 4 is 5.97 Å². The van der Waals surface area contributed by atoms with Crippen LogP contribution < -0.4 is 0 Å². The molecule has 4 heteroatoms. The quantitative estimate of drug-likeness (QED) is 0.819. The lowest BCUT2D eigenvalue weighted by Gasteiger charge is -2.42. The zero-order valence-corrected chi connectivity index (χ0v) is 10.6. The van der Waals surface area contributed by atoms with E-state index >= 15 is 0 Å². The number of nitrogens with zero attached hydrogens (tertiary/aromatic N) is 1. The molecule has 0 radical (unpaired) electrons. The molecule has 0 bridgehead atoms. The fourth-order valence-corrected chi connectivity index (χ4v) is 3.27. The molecule has 1 aliphatic carbocycles. The second kappa shape index (κ2) is 5.83. The van der Waals surface area contributed by atoms with Crippen LogP contribution in [0.3, 0.4) is 0 Å². The van der Waals surface area contributed by atoms with E-state index in [1.54, 1.807) is 7.11 Å². The van der Waals surface area contributed by atoms with Crippen LogP contribution in [0.25, 0.3) is 0 Å². The van der Waals surface area contributed by atoms with Gasteiger partial charge in [0.15, 0.2) is 0 Å². The molecule has 17 heavy (non-hydrogen) atoms. The average Bonchev–Trinajstić information content (AvgIpc) is 2.39. The molecule has 0 aromatic rings. The van der Waals surface area contributed by atoms with Crippen molar-refractivity contribution in [3.63, 3.8) is 0 Å². The third-order valence-corrected chi connectivity index (χ3v) is 4.28. The number of aliphatic carboxylic acids is 1. The molecule has 1 unspecified atom stereocenters. The van der Waals surface area contributed by atoms with Gasteiger partial charge in [-0.05, 0) is 45.1 Å². The minimum absolute atomic E-state index is 0.243. The average molecular weight is 241 g/mol. The van der Waals surface area contributed by atoms with Crippen LogP contribution in [0.5, 0.6) is 0 Å². The Morgan fingerprint density at radius 3 is 2.47 bits per heavy atom. The maximum Gasteiger partial charge on any atom is 0.320 e. The summed E-state index contributed by atoms with van der Waals surface area (Å²) < 4.78 is 5.37. The molecule has 1 N–H and O–H groups in total. The molecular weight excluding hydrogens is 218 g/mol. The molecule has 1 saturated heterocycles. The standard InChI is InChI=1S/C13H23NO3/c1-17-11-7-5-10(6-8-11)14-9-3-2-4-12(14)13(15)16/h10-12H,2-9H2,1H3,(H,15,16). The van der Waals surface area contributed by atoms with Gasteiger partial charge in [-0.2, -0.15) is 0 Å². The fraction of sp³-hybridized carbons (Fsp3) is 0.923. The van der Waals surface area contributed by atoms with Gasteiger partial charge in [0, 0.05) is 13.2 Å². The lowest BCUT2D eigenvalue weighted by Crippen LogP contribution is -2.51. The molecule has 0 aromatic carbocycles. The normalized spacial score (nSPS) is 35.7. The Morgan fingerprint density at radius 2 is 1.88 bits per heavy atom. The van der Waals surface area contributed by atoms with Crippen molar-refractivity contribution in [3.8, 4) is 0 Å². The van der Waals surface area contributed by atoms with Crippen molar-refractivity contribution in [1.29, 1.82) is 0 Å². The van der Waals surface area contributed by atoms with Gasteiger partial charge in [0.2, 0.25) is 0 Å². The summed E-state index contributed by atoms with van der Waals surface area (Å²) in [5.74, 6) is -0.640. The monoisotopic (exact) mass is 241 g/mol. The van der Waals surface area contributed by atoms with Gasteiger partial charge in [-0.3, -0.25) is 9.69 Å². The van der Waals surface area contributed by atoms with Crippen molar-refractivity contribution in [2.75, 3.05) is 13.7 Å². The SMILES string of the molecule is COC1CCC(N2CCCCC2C(=O)O)CC1. The smallest absolute Gasteiger partial charge is 0.320 e. The summed E-state index contributed by atoms with van der Waals surface area (Å²) in [6.07, 6.45) is 7.73. The number of methoxy groups -OCH3 is 1. The molecule has 4 nitrogen and oxygen atoms in total. The number of carboxylic acids is 1. The summed E-state index contributed by atoms with van der Waals surface area (Å²) in [5, 5.41) is 9.27. The summed E-state index contributed by atoms with van der Waals surface area (Å²) in [6.45, 7) is 0.958. The maximum atomic E-state index is 11.3. The van der Waals surface area contributed by atoms with Crippen LogP contribution in [0, 0.1) is 0 Å². The van der Waals surface area contributed by atoms with Crippen molar-refractivity contribution in [1.82, 2.24) is 4.90 Å². The topological polar surface area (TPSA) is 49.8 Å². The first-order valence-corrected chi connectivity index (χ1v) is 6.73. The molecule has 1 aliphatic heterocycles. The van der Waals surface area contributed by atoms with Gasteiger partial charge in [0.05, 0.1) is 6.10 Å². The van der Waals surface area contributed by atoms with Crippen molar-refractivity contribution in [3.05, 3.63) is 0 Å². The molecule has 1 atom stereocenters. The molecule has 0 amide bonds. The van der Waals surface area contributed by atoms with E-state index in [0.717, 1.165) is 51.5 Å². The van der Waals surface area contributed by atoms with Gasteiger partial charge in [0.25, 0.3) is 0 Å². The number of ether oxygens (including phenoxy) is 1. The maximum absolute atomic E-state index is 11.3. The minimum atomic E-state index is -0.640. The number of carbonyl (C=O) groups is 1. The van der Waals surface area contributed by atoms with Crippen LogP contribution >= 0.6 is 0 Å². The van der Waals surface area contributed by atoms with Crippen LogP contribution in [0.4, 0.5) is 0 Å². The number of likely N-dealkylation sites (tertiary alicyclic amines) is 1. The van der Waals surface area contributed by atoms with E-state index in [0.29, 0.717) is 12.1 Å². The summed E-state index contributed by atoms with van der Waals surface area (Å²) in [5.41, 5.74) is 0. The predicted octanol–water partition coefficient (Wildman–Crippen LogP) is 1.88. The van der Waals surface area contributed by atoms with E-state index in [4.69, 9.17) is 4.74 Å². The van der Waals surface area contributed by atoms with Crippen LogP contribution in [-0.2, 0) is 9.53 Å². The third kappa shape index (κ3) is 2.99. The highest BCUT2D eigenvalue weighted by atomic mass is 16.5. The van der Waals surface area contributed by atoms with Crippen LogP contribution in [-0.4, -0.2) is 47.8 Å². The Labute approximate surface area is 103 Å². The number of carboxylic acid groups (broad SMARTS) is 1. The largest absolute Gasteiger partial charge is 0.480 e. The number of hydrogen-bond donors (Lipinski definition) is 1. The first-order valence-electron chi connectivity index (χ1n) is 6.73. The summed E-state index contributed by atoms with van der Waals surface area (Å²) in [6, 6.07) is 0.218. The molecule has 2 fully saturated rings. The van der Waals surface area contributed by atoms with Crippen LogP contribution in [0.1, 0.15) is 44.9 Å². The molecule has 2 rings (SSSR count). The molecule has 0 spiro atoms. The van der Waals surface area contributed by atoms with Crippen LogP contribution in [0.2, 0.25) is 0 Å². The number of hydrogen-bond acceptors (Lipinski definition) is 3. The van der Waals surface area contributed by atoms with E-state index in [2.05, 4.69) is 4.90 Å². The van der Waals surface area contributed by atoms with Gasteiger partial charge in [0.1, 0.15) is 6.04 Å². The number of rotatable bonds is 3. The predicted molar refractivity (Wildman–Crippen MR) is 65.0 cm³/mol. The highest BCUT2D eigenvalue weighted by Crippen LogP contribution is 2.29. The van der Waals surface area contributed by atoms with Gasteiger partial charge in [-0.25, -0.2) is 0 Å². The Balaban J connectivity index is 1.93. The molecule has 98 valence electrons. The Kier molecular flexibility index (Phi) is 4.40. The lowest BCUT2D eigenvalue weighted by molar-refractivity contribution is -0.146. The molecule has 2 aliphatic rings. The van der Waals surface area contributed by atoms with Gasteiger partial charge in [-0.1, -0.05) is 6.42 Å². The Hall–Kier alpha value is -0.610. The van der Waals surface area contributed by atoms with Gasteiger partial charge < -0.3 is 9.84 Å². The number of piperidine rings is 1. The van der Waals surface area contributed by atoms with Gasteiger partial charge >= 0.3 is 5.97 Å². The lowest BCUT2D eigenvalue weighted by atomic mass is 9.89. The van der Waals surface area contributed by atoms with Crippen molar-refractivity contribution < 1.29 is 14.6 Å². The Morgan fingerprint density at radius 1 is 1.18 bits per heavy atom. The molecule has 1 heterocycles. The summed E-state index contributed by atoms with van der Waals surface area (Å²) in [7, 11) is 1.77.